The standard InChI is InChI=1S/C5H9NO5S/c1-3-4(2)11-12(9,10)6(3)5(7)8/h3-4H,1-2H3,(H,7,8). The number of hydrogen-bond donors (Lipinski definition) is 1. The molecule has 0 bridgehead atoms. The summed E-state index contributed by atoms with van der Waals surface area (Å²) >= 11 is 0. The van der Waals surface area contributed by atoms with E-state index in [-0.39, 0.29) is 0 Å². The highest BCUT2D eigenvalue weighted by atomic mass is 32.2. The van der Waals surface area contributed by atoms with Crippen molar-refractivity contribution in [3.8, 4) is 0 Å². The first kappa shape index (κ1) is 9.27. The second kappa shape index (κ2) is 2.60. The number of hydrogen-bond acceptors (Lipinski definition) is 4. The maximum Gasteiger partial charge on any atom is 0.423 e. The molecule has 1 rings (SSSR count). The molecule has 0 aromatic heterocycles. The minimum absolute atomic E-state index is 0.317. The minimum Gasteiger partial charge on any atom is -0.464 e. The Hall–Kier alpha value is -0.820. The molecule has 12 heavy (non-hydrogen) atoms. The van der Waals surface area contributed by atoms with Crippen LogP contribution < -0.4 is 0 Å². The largest absolute Gasteiger partial charge is 0.464 e. The fourth-order valence-corrected chi connectivity index (χ4v) is 2.39. The van der Waals surface area contributed by atoms with Gasteiger partial charge in [-0.3, -0.25) is 0 Å². The first-order chi connectivity index (χ1) is 5.36. The monoisotopic (exact) mass is 195 g/mol. The van der Waals surface area contributed by atoms with Crippen LogP contribution in [0.25, 0.3) is 0 Å². The van der Waals surface area contributed by atoms with Crippen LogP contribution in [-0.4, -0.2) is 36.1 Å². The fourth-order valence-electron chi connectivity index (χ4n) is 0.983. The molecule has 0 radical (unpaired) electrons. The summed E-state index contributed by atoms with van der Waals surface area (Å²) in [6.07, 6.45) is -2.13. The highest BCUT2D eigenvalue weighted by molar-refractivity contribution is 7.85. The molecule has 0 aromatic rings. The van der Waals surface area contributed by atoms with E-state index < -0.39 is 28.5 Å². The summed E-state index contributed by atoms with van der Waals surface area (Å²) in [5, 5.41) is 8.50. The van der Waals surface area contributed by atoms with Crippen LogP contribution in [0.5, 0.6) is 0 Å². The molecular weight excluding hydrogens is 186 g/mol. The first-order valence-corrected chi connectivity index (χ1v) is 4.68. The minimum atomic E-state index is -4.05. The molecule has 1 fully saturated rings. The first-order valence-electron chi connectivity index (χ1n) is 3.32. The van der Waals surface area contributed by atoms with Gasteiger partial charge in [0.15, 0.2) is 0 Å². The molecule has 1 N–H and O–H groups in total. The van der Waals surface area contributed by atoms with Gasteiger partial charge in [0.1, 0.15) is 0 Å². The summed E-state index contributed by atoms with van der Waals surface area (Å²) in [6, 6.07) is -0.660. The quantitative estimate of drug-likeness (QED) is 0.589. The molecule has 2 unspecified atom stereocenters. The van der Waals surface area contributed by atoms with Crippen molar-refractivity contribution < 1.29 is 22.5 Å². The van der Waals surface area contributed by atoms with E-state index in [2.05, 4.69) is 4.18 Å². The highest BCUT2D eigenvalue weighted by Crippen LogP contribution is 2.23. The SMILES string of the molecule is CC1OS(=O)(=O)N(C(=O)O)C1C. The van der Waals surface area contributed by atoms with Crippen molar-refractivity contribution in [1.82, 2.24) is 4.31 Å². The van der Waals surface area contributed by atoms with Gasteiger partial charge in [0, 0.05) is 0 Å². The Morgan fingerprint density at radius 3 is 2.17 bits per heavy atom. The van der Waals surface area contributed by atoms with Crippen LogP contribution in [0.4, 0.5) is 4.79 Å². The summed E-state index contributed by atoms with van der Waals surface area (Å²) in [7, 11) is -4.05. The molecule has 1 saturated heterocycles. The maximum absolute atomic E-state index is 10.9. The van der Waals surface area contributed by atoms with E-state index in [1.54, 1.807) is 0 Å². The van der Waals surface area contributed by atoms with Gasteiger partial charge in [0.2, 0.25) is 0 Å². The van der Waals surface area contributed by atoms with Gasteiger partial charge in [-0.1, -0.05) is 0 Å². The molecule has 0 saturated carbocycles. The van der Waals surface area contributed by atoms with Crippen LogP contribution >= 0.6 is 0 Å². The average Bonchev–Trinajstić information content (AvgIpc) is 2.01. The van der Waals surface area contributed by atoms with Crippen LogP contribution in [0.1, 0.15) is 13.8 Å². The summed E-state index contributed by atoms with van der Waals surface area (Å²) in [4.78, 5) is 10.4. The Bertz CT molecular complexity index is 297. The van der Waals surface area contributed by atoms with Gasteiger partial charge in [-0.05, 0) is 13.8 Å². The fraction of sp³-hybridized carbons (Fsp3) is 0.800. The molecule has 1 aliphatic rings. The van der Waals surface area contributed by atoms with Gasteiger partial charge in [-0.2, -0.15) is 12.7 Å². The summed E-state index contributed by atoms with van der Waals surface area (Å²) in [5.41, 5.74) is 0. The van der Waals surface area contributed by atoms with Crippen LogP contribution in [0.3, 0.4) is 0 Å². The molecule has 7 heteroatoms. The average molecular weight is 195 g/mol. The third-order valence-electron chi connectivity index (χ3n) is 1.75. The molecule has 6 nitrogen and oxygen atoms in total. The van der Waals surface area contributed by atoms with E-state index >= 15 is 0 Å². The van der Waals surface area contributed by atoms with Crippen LogP contribution in [0.2, 0.25) is 0 Å². The van der Waals surface area contributed by atoms with Gasteiger partial charge in [0.25, 0.3) is 0 Å². The topological polar surface area (TPSA) is 83.9 Å². The van der Waals surface area contributed by atoms with E-state index in [1.165, 1.54) is 13.8 Å². The number of carboxylic acid groups (broad SMARTS) is 1. The van der Waals surface area contributed by atoms with Gasteiger partial charge in [-0.15, -0.1) is 0 Å². The summed E-state index contributed by atoms with van der Waals surface area (Å²) in [5.74, 6) is 0. The van der Waals surface area contributed by atoms with Crippen molar-refractivity contribution in [3.05, 3.63) is 0 Å². The van der Waals surface area contributed by atoms with Crippen LogP contribution in [-0.2, 0) is 14.5 Å². The Labute approximate surface area is 70.0 Å². The van der Waals surface area contributed by atoms with E-state index in [9.17, 15) is 13.2 Å². The Morgan fingerprint density at radius 1 is 1.50 bits per heavy atom. The van der Waals surface area contributed by atoms with Crippen molar-refractivity contribution in [1.29, 1.82) is 0 Å². The zero-order chi connectivity index (χ0) is 9.52. The van der Waals surface area contributed by atoms with Crippen molar-refractivity contribution >= 4 is 16.4 Å². The van der Waals surface area contributed by atoms with Gasteiger partial charge in [0.05, 0.1) is 12.1 Å². The Morgan fingerprint density at radius 2 is 2.00 bits per heavy atom. The van der Waals surface area contributed by atoms with Gasteiger partial charge < -0.3 is 5.11 Å². The van der Waals surface area contributed by atoms with E-state index in [0.29, 0.717) is 4.31 Å². The predicted molar refractivity (Wildman–Crippen MR) is 38.8 cm³/mol. The molecule has 1 aliphatic heterocycles. The summed E-state index contributed by atoms with van der Waals surface area (Å²) < 4.78 is 26.7. The molecule has 2 atom stereocenters. The lowest BCUT2D eigenvalue weighted by Gasteiger charge is -2.13. The highest BCUT2D eigenvalue weighted by Gasteiger charge is 2.44. The second-order valence-electron chi connectivity index (χ2n) is 2.58. The summed E-state index contributed by atoms with van der Waals surface area (Å²) in [6.45, 7) is 2.98. The lowest BCUT2D eigenvalue weighted by atomic mass is 10.2. The van der Waals surface area contributed by atoms with Crippen molar-refractivity contribution in [2.24, 2.45) is 0 Å². The number of amides is 1. The molecule has 0 spiro atoms. The lowest BCUT2D eigenvalue weighted by molar-refractivity contribution is 0.159. The van der Waals surface area contributed by atoms with Crippen molar-refractivity contribution in [2.45, 2.75) is 26.0 Å². The smallest absolute Gasteiger partial charge is 0.423 e. The van der Waals surface area contributed by atoms with E-state index in [1.807, 2.05) is 0 Å². The van der Waals surface area contributed by atoms with Crippen LogP contribution in [0, 0.1) is 0 Å². The molecule has 0 aromatic carbocycles. The third kappa shape index (κ3) is 1.25. The van der Waals surface area contributed by atoms with Gasteiger partial charge >= 0.3 is 16.4 Å². The zero-order valence-corrected chi connectivity index (χ0v) is 7.41. The number of rotatable bonds is 0. The lowest BCUT2D eigenvalue weighted by Crippen LogP contribution is -2.37. The van der Waals surface area contributed by atoms with Crippen molar-refractivity contribution in [2.75, 3.05) is 0 Å². The second-order valence-corrected chi connectivity index (χ2v) is 4.02. The molecule has 1 amide bonds. The third-order valence-corrected chi connectivity index (χ3v) is 3.27. The van der Waals surface area contributed by atoms with Gasteiger partial charge in [-0.25, -0.2) is 8.98 Å². The zero-order valence-electron chi connectivity index (χ0n) is 6.59. The maximum atomic E-state index is 10.9. The Kier molecular flexibility index (Phi) is 2.01. The molecule has 70 valence electrons. The predicted octanol–water partition coefficient (Wildman–Crippen LogP) is 0.0184. The Balaban J connectivity index is 3.06. The molecule has 1 heterocycles. The van der Waals surface area contributed by atoms with E-state index in [0.717, 1.165) is 0 Å². The molecule has 0 aliphatic carbocycles. The number of nitrogens with zero attached hydrogens (tertiary/aromatic N) is 1. The van der Waals surface area contributed by atoms with E-state index in [4.69, 9.17) is 5.11 Å². The normalized spacial score (nSPS) is 33.7. The van der Waals surface area contributed by atoms with Crippen LogP contribution in [0.15, 0.2) is 0 Å². The number of carbonyl (C=O) groups is 1. The molecular formula is C5H9NO5S. The van der Waals surface area contributed by atoms with Crippen molar-refractivity contribution in [3.63, 3.8) is 0 Å².